The molecule has 3 heteroatoms. The lowest BCUT2D eigenvalue weighted by atomic mass is 10.0. The molecule has 1 aromatic rings. The zero-order valence-electron chi connectivity index (χ0n) is 11.3. The number of amides is 1. The number of hydrogen-bond acceptors (Lipinski definition) is 2. The minimum absolute atomic E-state index is 0.125. The number of anilines is 1. The summed E-state index contributed by atoms with van der Waals surface area (Å²) in [4.78, 5) is 14.3. The van der Waals surface area contributed by atoms with Gasteiger partial charge in [-0.2, -0.15) is 0 Å². The monoisotopic (exact) mass is 244 g/mol. The van der Waals surface area contributed by atoms with E-state index in [1.54, 1.807) is 0 Å². The summed E-state index contributed by atoms with van der Waals surface area (Å²) >= 11 is 0. The van der Waals surface area contributed by atoms with Crippen LogP contribution >= 0.6 is 0 Å². The highest BCUT2D eigenvalue weighted by molar-refractivity contribution is 6.05. The van der Waals surface area contributed by atoms with Crippen LogP contribution in [-0.2, 0) is 4.79 Å². The first-order chi connectivity index (χ1) is 8.63. The molecule has 1 saturated heterocycles. The lowest BCUT2D eigenvalue weighted by Crippen LogP contribution is -2.39. The standard InChI is InChI=1S/C15H20N2O/c1-4-17(14-7-5-6-11(2)8-14)15(18)12(3)13-9-16-10-13/h5-8,16H,4,9-10H2,1-3H3. The highest BCUT2D eigenvalue weighted by Gasteiger charge is 2.21. The van der Waals surface area contributed by atoms with Crippen LogP contribution in [0.5, 0.6) is 0 Å². The summed E-state index contributed by atoms with van der Waals surface area (Å²) < 4.78 is 0. The lowest BCUT2D eigenvalue weighted by Gasteiger charge is -2.26. The minimum Gasteiger partial charge on any atom is -0.309 e. The van der Waals surface area contributed by atoms with Crippen molar-refractivity contribution < 1.29 is 4.79 Å². The molecule has 1 aliphatic rings. The van der Waals surface area contributed by atoms with E-state index in [1.165, 1.54) is 11.1 Å². The average Bonchev–Trinajstić information content (AvgIpc) is 2.27. The normalized spacial score (nSPS) is 14.1. The van der Waals surface area contributed by atoms with Crippen molar-refractivity contribution in [1.82, 2.24) is 5.32 Å². The van der Waals surface area contributed by atoms with Crippen LogP contribution in [0.2, 0.25) is 0 Å². The van der Waals surface area contributed by atoms with Gasteiger partial charge < -0.3 is 10.2 Å². The molecule has 2 rings (SSSR count). The van der Waals surface area contributed by atoms with E-state index in [0.717, 1.165) is 24.4 Å². The molecule has 1 aromatic carbocycles. The molecular weight excluding hydrogens is 224 g/mol. The van der Waals surface area contributed by atoms with Gasteiger partial charge in [-0.25, -0.2) is 0 Å². The van der Waals surface area contributed by atoms with E-state index in [-0.39, 0.29) is 5.91 Å². The van der Waals surface area contributed by atoms with E-state index in [0.29, 0.717) is 6.54 Å². The Morgan fingerprint density at radius 1 is 1.39 bits per heavy atom. The van der Waals surface area contributed by atoms with Crippen LogP contribution in [0, 0.1) is 6.92 Å². The second-order valence-electron chi connectivity index (χ2n) is 4.72. The highest BCUT2D eigenvalue weighted by Crippen LogP contribution is 2.20. The third-order valence-electron chi connectivity index (χ3n) is 3.40. The molecule has 0 saturated carbocycles. The molecule has 1 amide bonds. The number of nitrogens with one attached hydrogen (secondary N) is 1. The summed E-state index contributed by atoms with van der Waals surface area (Å²) in [6.07, 6.45) is 0. The van der Waals surface area contributed by atoms with Crippen LogP contribution in [-0.4, -0.2) is 25.5 Å². The van der Waals surface area contributed by atoms with Gasteiger partial charge in [0, 0.05) is 30.9 Å². The Bertz CT molecular complexity index is 485. The molecule has 0 radical (unpaired) electrons. The van der Waals surface area contributed by atoms with Crippen LogP contribution in [0.3, 0.4) is 0 Å². The summed E-state index contributed by atoms with van der Waals surface area (Å²) in [6, 6.07) is 8.08. The molecule has 18 heavy (non-hydrogen) atoms. The van der Waals surface area contributed by atoms with Gasteiger partial charge in [0.1, 0.15) is 0 Å². The first-order valence-corrected chi connectivity index (χ1v) is 6.41. The van der Waals surface area contributed by atoms with E-state index in [4.69, 9.17) is 0 Å². The lowest BCUT2D eigenvalue weighted by molar-refractivity contribution is -0.115. The fraction of sp³-hybridized carbons (Fsp3) is 0.400. The number of benzene rings is 1. The molecule has 3 nitrogen and oxygen atoms in total. The Labute approximate surface area is 108 Å². The van der Waals surface area contributed by atoms with Crippen LogP contribution in [0.25, 0.3) is 0 Å². The third-order valence-corrected chi connectivity index (χ3v) is 3.40. The zero-order valence-corrected chi connectivity index (χ0v) is 11.3. The molecule has 96 valence electrons. The minimum atomic E-state index is 0.125. The zero-order chi connectivity index (χ0) is 13.1. The van der Waals surface area contributed by atoms with Crippen LogP contribution < -0.4 is 10.2 Å². The Morgan fingerprint density at radius 2 is 2.11 bits per heavy atom. The third kappa shape index (κ3) is 2.46. The predicted molar refractivity (Wildman–Crippen MR) is 74.8 cm³/mol. The molecule has 0 spiro atoms. The summed E-state index contributed by atoms with van der Waals surface area (Å²) in [5.41, 5.74) is 4.27. The molecule has 0 aromatic heterocycles. The number of nitrogens with zero attached hydrogens (tertiary/aromatic N) is 1. The van der Waals surface area contributed by atoms with Gasteiger partial charge in [0.05, 0.1) is 0 Å². The van der Waals surface area contributed by atoms with Crippen molar-refractivity contribution in [1.29, 1.82) is 0 Å². The smallest absolute Gasteiger partial charge is 0.253 e. The summed E-state index contributed by atoms with van der Waals surface area (Å²) in [6.45, 7) is 8.38. The summed E-state index contributed by atoms with van der Waals surface area (Å²) in [7, 11) is 0. The predicted octanol–water partition coefficient (Wildman–Crippen LogP) is 2.27. The molecule has 0 bridgehead atoms. The Balaban J connectivity index is 2.26. The van der Waals surface area contributed by atoms with Crippen molar-refractivity contribution in [3.63, 3.8) is 0 Å². The van der Waals surface area contributed by atoms with Gasteiger partial charge in [-0.3, -0.25) is 4.79 Å². The van der Waals surface area contributed by atoms with Crippen LogP contribution in [0.4, 0.5) is 5.69 Å². The quantitative estimate of drug-likeness (QED) is 0.827. The van der Waals surface area contributed by atoms with E-state index in [9.17, 15) is 4.79 Å². The Hall–Kier alpha value is -1.61. The van der Waals surface area contributed by atoms with Gasteiger partial charge in [0.2, 0.25) is 0 Å². The van der Waals surface area contributed by atoms with E-state index in [2.05, 4.69) is 11.4 Å². The topological polar surface area (TPSA) is 32.3 Å². The summed E-state index contributed by atoms with van der Waals surface area (Å²) in [5, 5.41) is 3.17. The van der Waals surface area contributed by atoms with Gasteiger partial charge in [0.25, 0.3) is 5.91 Å². The Morgan fingerprint density at radius 3 is 2.61 bits per heavy atom. The number of carbonyl (C=O) groups excluding carboxylic acids is 1. The number of carbonyl (C=O) groups is 1. The summed E-state index contributed by atoms with van der Waals surface area (Å²) in [5.74, 6) is 0.125. The number of rotatable bonds is 3. The molecular formula is C15H20N2O. The van der Waals surface area contributed by atoms with Gasteiger partial charge in [-0.1, -0.05) is 12.1 Å². The molecule has 1 aliphatic heterocycles. The number of aryl methyl sites for hydroxylation is 1. The van der Waals surface area contributed by atoms with Gasteiger partial charge in [-0.15, -0.1) is 0 Å². The highest BCUT2D eigenvalue weighted by atomic mass is 16.2. The fourth-order valence-corrected chi connectivity index (χ4v) is 2.11. The van der Waals surface area contributed by atoms with Crippen molar-refractivity contribution in [3.8, 4) is 0 Å². The second kappa shape index (κ2) is 5.36. The molecule has 1 fully saturated rings. The first kappa shape index (κ1) is 12.8. The SMILES string of the molecule is CCN(C(=O)C(C)=C1CNC1)c1cccc(C)c1. The molecule has 0 unspecified atom stereocenters. The van der Waals surface area contributed by atoms with Gasteiger partial charge in [0.15, 0.2) is 0 Å². The van der Waals surface area contributed by atoms with Crippen molar-refractivity contribution in [2.24, 2.45) is 0 Å². The van der Waals surface area contributed by atoms with Crippen molar-refractivity contribution in [3.05, 3.63) is 41.0 Å². The van der Waals surface area contributed by atoms with Crippen molar-refractivity contribution in [2.45, 2.75) is 20.8 Å². The molecule has 0 atom stereocenters. The Kier molecular flexibility index (Phi) is 3.82. The fourth-order valence-electron chi connectivity index (χ4n) is 2.11. The number of likely N-dealkylation sites (N-methyl/N-ethyl adjacent to an activating group) is 1. The average molecular weight is 244 g/mol. The van der Waals surface area contributed by atoms with E-state index >= 15 is 0 Å². The van der Waals surface area contributed by atoms with Gasteiger partial charge >= 0.3 is 0 Å². The molecule has 0 aliphatic carbocycles. The van der Waals surface area contributed by atoms with E-state index < -0.39 is 0 Å². The second-order valence-corrected chi connectivity index (χ2v) is 4.72. The van der Waals surface area contributed by atoms with Crippen LogP contribution in [0.15, 0.2) is 35.4 Å². The maximum absolute atomic E-state index is 12.5. The largest absolute Gasteiger partial charge is 0.309 e. The van der Waals surface area contributed by atoms with Gasteiger partial charge in [-0.05, 0) is 44.0 Å². The molecule has 1 N–H and O–H groups in total. The molecule has 1 heterocycles. The van der Waals surface area contributed by atoms with Crippen LogP contribution in [0.1, 0.15) is 19.4 Å². The van der Waals surface area contributed by atoms with Crippen molar-refractivity contribution in [2.75, 3.05) is 24.5 Å². The van der Waals surface area contributed by atoms with Crippen molar-refractivity contribution >= 4 is 11.6 Å². The first-order valence-electron chi connectivity index (χ1n) is 6.41. The maximum atomic E-state index is 12.5. The maximum Gasteiger partial charge on any atom is 0.253 e. The number of hydrogen-bond donors (Lipinski definition) is 1. The van der Waals surface area contributed by atoms with E-state index in [1.807, 2.05) is 43.9 Å².